The molecule has 2 heterocycles. The van der Waals surface area contributed by atoms with E-state index in [1.807, 2.05) is 0 Å². The Bertz CT molecular complexity index is 954. The number of halogens is 1. The maximum atomic E-state index is 14.1. The van der Waals surface area contributed by atoms with Crippen molar-refractivity contribution in [2.45, 2.75) is 12.8 Å². The molecule has 144 valence electrons. The van der Waals surface area contributed by atoms with Crippen molar-refractivity contribution in [3.8, 4) is 0 Å². The summed E-state index contributed by atoms with van der Waals surface area (Å²) >= 11 is 0. The molecule has 1 N–H and O–H groups in total. The molecule has 2 aliphatic heterocycles. The summed E-state index contributed by atoms with van der Waals surface area (Å²) in [5.74, 6) is -2.17. The molecule has 4 rings (SSSR count). The van der Waals surface area contributed by atoms with Crippen LogP contribution in [0.3, 0.4) is 0 Å². The summed E-state index contributed by atoms with van der Waals surface area (Å²) in [6.45, 7) is 3.41. The van der Waals surface area contributed by atoms with Crippen LogP contribution in [-0.2, 0) is 0 Å². The normalized spacial score (nSPS) is 16.5. The van der Waals surface area contributed by atoms with Crippen LogP contribution in [0.25, 0.3) is 0 Å². The maximum absolute atomic E-state index is 14.1. The van der Waals surface area contributed by atoms with Gasteiger partial charge in [0.1, 0.15) is 5.82 Å². The molecule has 1 saturated heterocycles. The van der Waals surface area contributed by atoms with Gasteiger partial charge >= 0.3 is 0 Å². The number of rotatable bonds is 5. The van der Waals surface area contributed by atoms with Crippen LogP contribution in [0, 0.1) is 5.82 Å². The number of carbonyl (C=O) groups is 3. The topological polar surface area (TPSA) is 69.7 Å². The first kappa shape index (κ1) is 18.3. The second-order valence-electron chi connectivity index (χ2n) is 6.96. The number of hydrogen-bond donors (Lipinski definition) is 1. The highest BCUT2D eigenvalue weighted by atomic mass is 19.1. The molecular weight excluding hydrogens is 361 g/mol. The van der Waals surface area contributed by atoms with Crippen molar-refractivity contribution >= 4 is 23.4 Å². The van der Waals surface area contributed by atoms with Gasteiger partial charge in [0.25, 0.3) is 17.7 Å². The van der Waals surface area contributed by atoms with Gasteiger partial charge in [-0.3, -0.25) is 14.4 Å². The Morgan fingerprint density at radius 3 is 2.46 bits per heavy atom. The number of fused-ring (bicyclic) bond motifs is 1. The summed E-state index contributed by atoms with van der Waals surface area (Å²) < 4.78 is 14.1. The van der Waals surface area contributed by atoms with Crippen molar-refractivity contribution in [1.29, 1.82) is 0 Å². The minimum atomic E-state index is -0.656. The van der Waals surface area contributed by atoms with Crippen LogP contribution in [0.1, 0.15) is 43.9 Å². The smallest absolute Gasteiger partial charge is 0.266 e. The summed E-state index contributed by atoms with van der Waals surface area (Å²) in [4.78, 5) is 40.8. The Balaban J connectivity index is 1.50. The van der Waals surface area contributed by atoms with Crippen LogP contribution in [0.15, 0.2) is 42.5 Å². The van der Waals surface area contributed by atoms with Crippen LogP contribution in [0.2, 0.25) is 0 Å². The Hall–Kier alpha value is -3.06. The number of benzene rings is 2. The number of amides is 3. The predicted molar refractivity (Wildman–Crippen MR) is 102 cm³/mol. The highest BCUT2D eigenvalue weighted by Gasteiger charge is 2.38. The summed E-state index contributed by atoms with van der Waals surface area (Å²) in [7, 11) is 0. The maximum Gasteiger partial charge on any atom is 0.266 e. The van der Waals surface area contributed by atoms with E-state index in [9.17, 15) is 18.8 Å². The molecule has 6 nitrogen and oxygen atoms in total. The van der Waals surface area contributed by atoms with E-state index in [0.29, 0.717) is 12.1 Å². The third kappa shape index (κ3) is 3.29. The first-order valence-electron chi connectivity index (χ1n) is 9.34. The Labute approximate surface area is 161 Å². The van der Waals surface area contributed by atoms with Gasteiger partial charge in [-0.05, 0) is 56.3 Å². The minimum absolute atomic E-state index is 0.0923. The van der Waals surface area contributed by atoms with Gasteiger partial charge in [-0.2, -0.15) is 0 Å². The average molecular weight is 381 g/mol. The number of carbonyl (C=O) groups excluding carboxylic acids is 3. The molecule has 3 amide bonds. The number of nitrogens with one attached hydrogen (secondary N) is 1. The number of anilines is 1. The van der Waals surface area contributed by atoms with Crippen LogP contribution in [-0.4, -0.2) is 48.8 Å². The second kappa shape index (κ2) is 7.52. The SMILES string of the molecule is O=C(NCCN1CCCC1)c1ccc2c(c1)C(=O)N(c1ccccc1F)C2=O. The number of imide groups is 1. The lowest BCUT2D eigenvalue weighted by molar-refractivity contribution is 0.0922. The number of hydrogen-bond acceptors (Lipinski definition) is 4. The first-order valence-corrected chi connectivity index (χ1v) is 9.34. The molecule has 2 aliphatic rings. The highest BCUT2D eigenvalue weighted by Crippen LogP contribution is 2.30. The third-order valence-corrected chi connectivity index (χ3v) is 5.15. The third-order valence-electron chi connectivity index (χ3n) is 5.15. The lowest BCUT2D eigenvalue weighted by atomic mass is 10.1. The van der Waals surface area contributed by atoms with Crippen molar-refractivity contribution in [3.63, 3.8) is 0 Å². The summed E-state index contributed by atoms with van der Waals surface area (Å²) in [6.07, 6.45) is 2.38. The largest absolute Gasteiger partial charge is 0.351 e. The fourth-order valence-corrected chi connectivity index (χ4v) is 3.67. The minimum Gasteiger partial charge on any atom is -0.351 e. The van der Waals surface area contributed by atoms with Gasteiger partial charge < -0.3 is 10.2 Å². The van der Waals surface area contributed by atoms with E-state index in [1.165, 1.54) is 49.2 Å². The molecular formula is C21H20FN3O3. The molecule has 0 spiro atoms. The summed E-state index contributed by atoms with van der Waals surface area (Å²) in [5, 5.41) is 2.84. The molecule has 0 unspecified atom stereocenters. The lowest BCUT2D eigenvalue weighted by Crippen LogP contribution is -2.33. The number of likely N-dealkylation sites (tertiary alicyclic amines) is 1. The van der Waals surface area contributed by atoms with E-state index in [1.54, 1.807) is 6.07 Å². The van der Waals surface area contributed by atoms with Crippen LogP contribution < -0.4 is 10.2 Å². The van der Waals surface area contributed by atoms with Crippen LogP contribution >= 0.6 is 0 Å². The van der Waals surface area contributed by atoms with E-state index < -0.39 is 17.6 Å². The average Bonchev–Trinajstić information content (AvgIpc) is 3.30. The van der Waals surface area contributed by atoms with E-state index >= 15 is 0 Å². The zero-order valence-corrected chi connectivity index (χ0v) is 15.3. The van der Waals surface area contributed by atoms with Crippen molar-refractivity contribution in [1.82, 2.24) is 10.2 Å². The van der Waals surface area contributed by atoms with Crippen molar-refractivity contribution in [3.05, 3.63) is 65.0 Å². The molecule has 0 aromatic heterocycles. The van der Waals surface area contributed by atoms with E-state index in [0.717, 1.165) is 24.5 Å². The van der Waals surface area contributed by atoms with Gasteiger partial charge in [0.15, 0.2) is 0 Å². The van der Waals surface area contributed by atoms with E-state index in [4.69, 9.17) is 0 Å². The number of nitrogens with zero attached hydrogens (tertiary/aromatic N) is 2. The molecule has 1 fully saturated rings. The van der Waals surface area contributed by atoms with Gasteiger partial charge in [-0.25, -0.2) is 9.29 Å². The van der Waals surface area contributed by atoms with Crippen LogP contribution in [0.5, 0.6) is 0 Å². The molecule has 0 saturated carbocycles. The van der Waals surface area contributed by atoms with Gasteiger partial charge in [0.2, 0.25) is 0 Å². The first-order chi connectivity index (χ1) is 13.6. The van der Waals surface area contributed by atoms with Gasteiger partial charge in [0, 0.05) is 18.7 Å². The van der Waals surface area contributed by atoms with Crippen LogP contribution in [0.4, 0.5) is 10.1 Å². The Morgan fingerprint density at radius 1 is 1.00 bits per heavy atom. The molecule has 2 aromatic carbocycles. The molecule has 0 atom stereocenters. The molecule has 28 heavy (non-hydrogen) atoms. The number of para-hydroxylation sites is 1. The molecule has 2 aromatic rings. The fraction of sp³-hybridized carbons (Fsp3) is 0.286. The molecule has 0 radical (unpaired) electrons. The molecule has 7 heteroatoms. The Morgan fingerprint density at radius 2 is 1.71 bits per heavy atom. The summed E-state index contributed by atoms with van der Waals surface area (Å²) in [6, 6.07) is 9.98. The standard InChI is InChI=1S/C21H20FN3O3/c22-17-5-1-2-6-18(17)25-20(27)15-8-7-14(13-16(15)21(25)28)19(26)23-9-12-24-10-3-4-11-24/h1-2,5-8,13H,3-4,9-12H2,(H,23,26). The van der Waals surface area contributed by atoms with Crippen molar-refractivity contribution in [2.24, 2.45) is 0 Å². The Kier molecular flexibility index (Phi) is 4.92. The lowest BCUT2D eigenvalue weighted by Gasteiger charge is -2.14. The molecule has 0 aliphatic carbocycles. The highest BCUT2D eigenvalue weighted by molar-refractivity contribution is 6.34. The second-order valence-corrected chi connectivity index (χ2v) is 6.96. The van der Waals surface area contributed by atoms with E-state index in [2.05, 4.69) is 10.2 Å². The fourth-order valence-electron chi connectivity index (χ4n) is 3.67. The van der Waals surface area contributed by atoms with Gasteiger partial charge in [0.05, 0.1) is 16.8 Å². The quantitative estimate of drug-likeness (QED) is 0.808. The predicted octanol–water partition coefficient (Wildman–Crippen LogP) is 2.45. The summed E-state index contributed by atoms with van der Waals surface area (Å²) in [5.41, 5.74) is 0.490. The van der Waals surface area contributed by atoms with Gasteiger partial charge in [-0.15, -0.1) is 0 Å². The monoisotopic (exact) mass is 381 g/mol. The molecule has 0 bridgehead atoms. The van der Waals surface area contributed by atoms with Gasteiger partial charge in [-0.1, -0.05) is 12.1 Å². The zero-order chi connectivity index (χ0) is 19.7. The van der Waals surface area contributed by atoms with E-state index in [-0.39, 0.29) is 22.7 Å². The van der Waals surface area contributed by atoms with Crippen molar-refractivity contribution in [2.75, 3.05) is 31.1 Å². The zero-order valence-electron chi connectivity index (χ0n) is 15.3. The van der Waals surface area contributed by atoms with Crippen molar-refractivity contribution < 1.29 is 18.8 Å².